The molecule has 0 amide bonds. The zero-order valence-corrected chi connectivity index (χ0v) is 23.7. The van der Waals surface area contributed by atoms with Gasteiger partial charge in [-0.05, 0) is 57.3 Å². The molecule has 37 heavy (non-hydrogen) atoms. The van der Waals surface area contributed by atoms with Gasteiger partial charge in [0.1, 0.15) is 22.9 Å². The minimum Gasteiger partial charge on any atom is -0.496 e. The van der Waals surface area contributed by atoms with Crippen molar-refractivity contribution in [3.63, 3.8) is 0 Å². The molecule has 1 aromatic heterocycles. The Morgan fingerprint density at radius 2 is 1.86 bits per heavy atom. The molecule has 2 unspecified atom stereocenters. The molecule has 9 nitrogen and oxygen atoms in total. The lowest BCUT2D eigenvalue weighted by atomic mass is 9.76. The number of hydrogen-bond acceptors (Lipinski definition) is 9. The Bertz CT molecular complexity index is 1130. The van der Waals surface area contributed by atoms with E-state index in [2.05, 4.69) is 10.2 Å². The van der Waals surface area contributed by atoms with E-state index in [0.717, 1.165) is 48.8 Å². The topological polar surface area (TPSA) is 95.8 Å². The number of Topliss-reactive ketones (excluding diaryl/α,β-unsaturated/α-hetero) is 1. The maximum Gasteiger partial charge on any atom is 0.327 e. The third-order valence-corrected chi connectivity index (χ3v) is 8.91. The van der Waals surface area contributed by atoms with Crippen molar-refractivity contribution in [1.29, 1.82) is 0 Å². The van der Waals surface area contributed by atoms with Crippen LogP contribution in [0.15, 0.2) is 17.3 Å². The molecule has 4 rings (SSSR count). The SMILES string of the molecule is COc1cc(OC)c(CCC2(C3CCCC3)CC(=O)C(Sc3nnc(CN(C)C)n3C)C(=O)O2)cc1Cl. The van der Waals surface area contributed by atoms with E-state index in [9.17, 15) is 9.59 Å². The van der Waals surface area contributed by atoms with Gasteiger partial charge in [-0.2, -0.15) is 0 Å². The molecule has 0 N–H and O–H groups in total. The fraction of sp³-hybridized carbons (Fsp3) is 0.615. The van der Waals surface area contributed by atoms with Gasteiger partial charge < -0.3 is 23.7 Å². The summed E-state index contributed by atoms with van der Waals surface area (Å²) in [6.07, 6.45) is 5.28. The lowest BCUT2D eigenvalue weighted by Crippen LogP contribution is -2.53. The quantitative estimate of drug-likeness (QED) is 0.320. The predicted molar refractivity (Wildman–Crippen MR) is 141 cm³/mol. The van der Waals surface area contributed by atoms with Crippen molar-refractivity contribution in [1.82, 2.24) is 19.7 Å². The molecular formula is C26H35ClN4O5S. The van der Waals surface area contributed by atoms with Crippen molar-refractivity contribution in [2.75, 3.05) is 28.3 Å². The van der Waals surface area contributed by atoms with Crippen LogP contribution in [0.2, 0.25) is 5.02 Å². The number of aromatic nitrogens is 3. The number of carbonyl (C=O) groups excluding carboxylic acids is 2. The van der Waals surface area contributed by atoms with Gasteiger partial charge in [0.15, 0.2) is 16.2 Å². The molecule has 1 saturated carbocycles. The van der Waals surface area contributed by atoms with Crippen molar-refractivity contribution in [3.05, 3.63) is 28.5 Å². The van der Waals surface area contributed by atoms with Gasteiger partial charge in [-0.1, -0.05) is 36.2 Å². The van der Waals surface area contributed by atoms with E-state index in [0.29, 0.717) is 41.1 Å². The van der Waals surface area contributed by atoms with Crippen molar-refractivity contribution >= 4 is 35.1 Å². The normalized spacial score (nSPS) is 22.5. The maximum absolute atomic E-state index is 13.5. The number of benzene rings is 1. The van der Waals surface area contributed by atoms with Crippen LogP contribution in [0, 0.1) is 5.92 Å². The molecule has 2 heterocycles. The number of nitrogens with zero attached hydrogens (tertiary/aromatic N) is 4. The molecule has 2 aliphatic rings. The third kappa shape index (κ3) is 5.91. The molecule has 202 valence electrons. The van der Waals surface area contributed by atoms with Gasteiger partial charge in [0.2, 0.25) is 0 Å². The first-order valence-corrected chi connectivity index (χ1v) is 13.8. The largest absolute Gasteiger partial charge is 0.496 e. The summed E-state index contributed by atoms with van der Waals surface area (Å²) in [5.41, 5.74) is 0.0490. The van der Waals surface area contributed by atoms with Gasteiger partial charge in [0.25, 0.3) is 0 Å². The number of methoxy groups -OCH3 is 2. The number of carbonyl (C=O) groups is 2. The van der Waals surface area contributed by atoms with Gasteiger partial charge in [0, 0.05) is 19.5 Å². The highest BCUT2D eigenvalue weighted by molar-refractivity contribution is 8.01. The molecule has 2 atom stereocenters. The van der Waals surface area contributed by atoms with E-state index in [1.807, 2.05) is 36.7 Å². The van der Waals surface area contributed by atoms with Gasteiger partial charge in [-0.3, -0.25) is 9.59 Å². The molecule has 0 radical (unpaired) electrons. The van der Waals surface area contributed by atoms with E-state index in [1.54, 1.807) is 20.3 Å². The van der Waals surface area contributed by atoms with Gasteiger partial charge in [-0.25, -0.2) is 0 Å². The summed E-state index contributed by atoms with van der Waals surface area (Å²) in [5, 5.41) is 8.49. The molecule has 11 heteroatoms. The van der Waals surface area contributed by atoms with Crippen LogP contribution in [0.3, 0.4) is 0 Å². The highest BCUT2D eigenvalue weighted by atomic mass is 35.5. The number of rotatable bonds is 10. The maximum atomic E-state index is 13.5. The number of hydrogen-bond donors (Lipinski definition) is 0. The second-order valence-electron chi connectivity index (χ2n) is 10.1. The molecule has 2 aromatic rings. The number of esters is 1. The van der Waals surface area contributed by atoms with Crippen LogP contribution in [0.25, 0.3) is 0 Å². The number of cyclic esters (lactones) is 1. The van der Waals surface area contributed by atoms with Crippen LogP contribution in [0.5, 0.6) is 11.5 Å². The number of halogens is 1. The number of thioether (sulfide) groups is 1. The summed E-state index contributed by atoms with van der Waals surface area (Å²) in [6.45, 7) is 0.608. The summed E-state index contributed by atoms with van der Waals surface area (Å²) >= 11 is 7.51. The Hall–Kier alpha value is -2.30. The van der Waals surface area contributed by atoms with E-state index < -0.39 is 16.8 Å². The summed E-state index contributed by atoms with van der Waals surface area (Å²) in [4.78, 5) is 28.8. The Morgan fingerprint density at radius 1 is 1.16 bits per heavy atom. The lowest BCUT2D eigenvalue weighted by molar-refractivity contribution is -0.177. The summed E-state index contributed by atoms with van der Waals surface area (Å²) in [7, 11) is 8.89. The van der Waals surface area contributed by atoms with Crippen LogP contribution in [-0.2, 0) is 34.3 Å². The monoisotopic (exact) mass is 550 g/mol. The lowest BCUT2D eigenvalue weighted by Gasteiger charge is -2.42. The van der Waals surface area contributed by atoms with Crippen molar-refractivity contribution in [2.24, 2.45) is 13.0 Å². The summed E-state index contributed by atoms with van der Waals surface area (Å²) in [5.74, 6) is 1.48. The minimum atomic E-state index is -0.949. The van der Waals surface area contributed by atoms with E-state index in [4.69, 9.17) is 25.8 Å². The second kappa shape index (κ2) is 11.6. The molecule has 1 aliphatic carbocycles. The fourth-order valence-corrected chi connectivity index (χ4v) is 6.57. The molecule has 0 bridgehead atoms. The highest BCUT2D eigenvalue weighted by Crippen LogP contribution is 2.46. The van der Waals surface area contributed by atoms with Gasteiger partial charge in [-0.15, -0.1) is 10.2 Å². The average molecular weight is 551 g/mol. The first kappa shape index (κ1) is 27.7. The molecule has 1 saturated heterocycles. The highest BCUT2D eigenvalue weighted by Gasteiger charge is 2.52. The zero-order chi connectivity index (χ0) is 26.7. The Labute approximate surface area is 227 Å². The number of ether oxygens (including phenoxy) is 3. The molecule has 2 fully saturated rings. The first-order valence-electron chi connectivity index (χ1n) is 12.5. The van der Waals surface area contributed by atoms with Crippen molar-refractivity contribution in [2.45, 2.75) is 67.5 Å². The van der Waals surface area contributed by atoms with E-state index in [1.165, 1.54) is 0 Å². The van der Waals surface area contributed by atoms with Crippen LogP contribution >= 0.6 is 23.4 Å². The Kier molecular flexibility index (Phi) is 8.70. The van der Waals surface area contributed by atoms with Crippen LogP contribution in [-0.4, -0.2) is 70.6 Å². The average Bonchev–Trinajstić information content (AvgIpc) is 3.51. The summed E-state index contributed by atoms with van der Waals surface area (Å²) in [6, 6.07) is 3.59. The molecule has 1 aliphatic heterocycles. The van der Waals surface area contributed by atoms with Crippen LogP contribution < -0.4 is 9.47 Å². The minimum absolute atomic E-state index is 0.120. The Balaban J connectivity index is 1.54. The zero-order valence-electron chi connectivity index (χ0n) is 22.1. The number of aryl methyl sites for hydroxylation is 1. The first-order chi connectivity index (χ1) is 17.7. The van der Waals surface area contributed by atoms with Crippen LogP contribution in [0.1, 0.15) is 49.9 Å². The fourth-order valence-electron chi connectivity index (χ4n) is 5.38. The smallest absolute Gasteiger partial charge is 0.327 e. The standard InChI is InChI=1S/C26H35ClN4O5S/c1-30(2)15-22-28-29-25(31(22)3)37-23-19(32)14-26(36-24(23)33,17-8-6-7-9-17)11-10-16-12-18(27)21(35-5)13-20(16)34-4/h12-13,17,23H,6-11,14-15H2,1-5H3. The molecule has 1 aromatic carbocycles. The molecular weight excluding hydrogens is 516 g/mol. The Morgan fingerprint density at radius 3 is 2.49 bits per heavy atom. The molecule has 0 spiro atoms. The summed E-state index contributed by atoms with van der Waals surface area (Å²) < 4.78 is 19.0. The predicted octanol–water partition coefficient (Wildman–Crippen LogP) is 4.09. The van der Waals surface area contributed by atoms with Gasteiger partial charge in [0.05, 0.1) is 25.8 Å². The second-order valence-corrected chi connectivity index (χ2v) is 11.6. The van der Waals surface area contributed by atoms with Crippen molar-refractivity contribution < 1.29 is 23.8 Å². The van der Waals surface area contributed by atoms with E-state index >= 15 is 0 Å². The van der Waals surface area contributed by atoms with Crippen LogP contribution in [0.4, 0.5) is 0 Å². The van der Waals surface area contributed by atoms with Gasteiger partial charge >= 0.3 is 5.97 Å². The third-order valence-electron chi connectivity index (χ3n) is 7.36. The number of ketones is 1. The van der Waals surface area contributed by atoms with E-state index in [-0.39, 0.29) is 18.1 Å². The van der Waals surface area contributed by atoms with Crippen molar-refractivity contribution in [3.8, 4) is 11.5 Å².